The summed E-state index contributed by atoms with van der Waals surface area (Å²) in [5, 5.41) is 17.6. The molecule has 1 rings (SSSR count). The summed E-state index contributed by atoms with van der Waals surface area (Å²) in [4.78, 5) is 0. The zero-order chi connectivity index (χ0) is 11.3. The molecule has 2 N–H and O–H groups in total. The largest absolute Gasteiger partial charge is 0.389 e. The van der Waals surface area contributed by atoms with E-state index in [0.717, 1.165) is 12.8 Å². The van der Waals surface area contributed by atoms with E-state index in [1.807, 2.05) is 6.92 Å². The highest BCUT2D eigenvalue weighted by Crippen LogP contribution is 2.15. The van der Waals surface area contributed by atoms with E-state index in [2.05, 4.69) is 36.0 Å². The van der Waals surface area contributed by atoms with E-state index in [1.165, 1.54) is 5.56 Å². The zero-order valence-corrected chi connectivity index (χ0v) is 10.6. The summed E-state index contributed by atoms with van der Waals surface area (Å²) < 4.78 is 0. The third kappa shape index (κ3) is 5.30. The molecule has 0 saturated heterocycles. The molecule has 0 bridgehead atoms. The molecule has 0 aromatic carbocycles. The summed E-state index contributed by atoms with van der Waals surface area (Å²) in [6, 6.07) is 2.55. The molecule has 0 aliphatic heterocycles. The molecule has 0 amide bonds. The fourth-order valence-corrected chi connectivity index (χ4v) is 2.06. The second kappa shape index (κ2) is 5.64. The molecule has 0 saturated carbocycles. The van der Waals surface area contributed by atoms with Gasteiger partial charge in [-0.15, -0.1) is 0 Å². The number of thiophene rings is 1. The van der Waals surface area contributed by atoms with Gasteiger partial charge in [0.2, 0.25) is 0 Å². The predicted molar refractivity (Wildman–Crippen MR) is 66.4 cm³/mol. The minimum Gasteiger partial charge on any atom is -0.389 e. The second-order valence-corrected chi connectivity index (χ2v) is 5.44. The van der Waals surface area contributed by atoms with E-state index >= 15 is 0 Å². The number of aryl methyl sites for hydroxylation is 1. The standard InChI is InChI=1S/C12H21NOS/c1-10(2)13-9-12(3,14)6-4-11-5-7-15-8-11/h5,7-8,10,13-14H,4,6,9H2,1-3H3. The van der Waals surface area contributed by atoms with Gasteiger partial charge in [0.25, 0.3) is 0 Å². The molecule has 1 heterocycles. The van der Waals surface area contributed by atoms with Crippen LogP contribution in [0.1, 0.15) is 32.8 Å². The zero-order valence-electron chi connectivity index (χ0n) is 9.79. The third-order valence-corrected chi connectivity index (χ3v) is 3.16. The molecule has 15 heavy (non-hydrogen) atoms. The minimum absolute atomic E-state index is 0.428. The minimum atomic E-state index is -0.605. The van der Waals surface area contributed by atoms with E-state index in [-0.39, 0.29) is 0 Å². The van der Waals surface area contributed by atoms with Crippen molar-refractivity contribution in [1.82, 2.24) is 5.32 Å². The van der Waals surface area contributed by atoms with Gasteiger partial charge in [0, 0.05) is 12.6 Å². The summed E-state index contributed by atoms with van der Waals surface area (Å²) in [5.74, 6) is 0. The Kier molecular flexibility index (Phi) is 4.77. The first kappa shape index (κ1) is 12.7. The van der Waals surface area contributed by atoms with Crippen LogP contribution in [0.2, 0.25) is 0 Å². The first-order valence-electron chi connectivity index (χ1n) is 5.46. The summed E-state index contributed by atoms with van der Waals surface area (Å²) in [7, 11) is 0. The van der Waals surface area contributed by atoms with Crippen LogP contribution < -0.4 is 5.32 Å². The molecular formula is C12H21NOS. The maximum atomic E-state index is 10.1. The molecule has 3 heteroatoms. The number of rotatable bonds is 6. The van der Waals surface area contributed by atoms with Crippen LogP contribution in [0.15, 0.2) is 16.8 Å². The predicted octanol–water partition coefficient (Wildman–Crippen LogP) is 2.43. The summed E-state index contributed by atoms with van der Waals surface area (Å²) in [6.07, 6.45) is 1.76. The van der Waals surface area contributed by atoms with E-state index < -0.39 is 5.60 Å². The van der Waals surface area contributed by atoms with Crippen LogP contribution >= 0.6 is 11.3 Å². The normalized spacial score (nSPS) is 15.5. The van der Waals surface area contributed by atoms with E-state index in [4.69, 9.17) is 0 Å². The van der Waals surface area contributed by atoms with Gasteiger partial charge in [0.1, 0.15) is 0 Å². The lowest BCUT2D eigenvalue weighted by molar-refractivity contribution is 0.0492. The van der Waals surface area contributed by atoms with Crippen LogP contribution in [-0.4, -0.2) is 23.3 Å². The van der Waals surface area contributed by atoms with Crippen molar-refractivity contribution in [3.63, 3.8) is 0 Å². The van der Waals surface area contributed by atoms with E-state index in [0.29, 0.717) is 12.6 Å². The Morgan fingerprint density at radius 2 is 2.27 bits per heavy atom. The molecule has 86 valence electrons. The summed E-state index contributed by atoms with van der Waals surface area (Å²) in [5.41, 5.74) is 0.719. The highest BCUT2D eigenvalue weighted by atomic mass is 32.1. The van der Waals surface area contributed by atoms with Gasteiger partial charge in [0.05, 0.1) is 5.60 Å². The van der Waals surface area contributed by atoms with Gasteiger partial charge in [-0.2, -0.15) is 11.3 Å². The fraction of sp³-hybridized carbons (Fsp3) is 0.667. The molecule has 2 nitrogen and oxygen atoms in total. The molecule has 1 aromatic heterocycles. The Hall–Kier alpha value is -0.380. The monoisotopic (exact) mass is 227 g/mol. The van der Waals surface area contributed by atoms with Gasteiger partial charge in [-0.1, -0.05) is 13.8 Å². The van der Waals surface area contributed by atoms with E-state index in [9.17, 15) is 5.11 Å². The number of hydrogen-bond donors (Lipinski definition) is 2. The van der Waals surface area contributed by atoms with Gasteiger partial charge >= 0.3 is 0 Å². The highest BCUT2D eigenvalue weighted by molar-refractivity contribution is 7.07. The topological polar surface area (TPSA) is 32.3 Å². The van der Waals surface area contributed by atoms with Crippen molar-refractivity contribution in [3.05, 3.63) is 22.4 Å². The van der Waals surface area contributed by atoms with Crippen molar-refractivity contribution in [3.8, 4) is 0 Å². The molecule has 0 fully saturated rings. The maximum absolute atomic E-state index is 10.1. The Morgan fingerprint density at radius 1 is 1.53 bits per heavy atom. The summed E-state index contributed by atoms with van der Waals surface area (Å²) >= 11 is 1.71. The van der Waals surface area contributed by atoms with Crippen molar-refractivity contribution < 1.29 is 5.11 Å². The maximum Gasteiger partial charge on any atom is 0.0746 e. The van der Waals surface area contributed by atoms with Gasteiger partial charge in [-0.05, 0) is 42.2 Å². The van der Waals surface area contributed by atoms with Crippen LogP contribution in [0, 0.1) is 0 Å². The Morgan fingerprint density at radius 3 is 2.80 bits per heavy atom. The average Bonchev–Trinajstić information content (AvgIpc) is 2.65. The lowest BCUT2D eigenvalue weighted by Gasteiger charge is -2.24. The molecule has 0 radical (unpaired) electrons. The number of aliphatic hydroxyl groups is 1. The average molecular weight is 227 g/mol. The van der Waals surface area contributed by atoms with Gasteiger partial charge in [-0.25, -0.2) is 0 Å². The number of hydrogen-bond acceptors (Lipinski definition) is 3. The SMILES string of the molecule is CC(C)NCC(C)(O)CCc1ccsc1. The van der Waals surface area contributed by atoms with Crippen LogP contribution in [-0.2, 0) is 6.42 Å². The lowest BCUT2D eigenvalue weighted by Crippen LogP contribution is -2.40. The first-order chi connectivity index (χ1) is 6.99. The first-order valence-corrected chi connectivity index (χ1v) is 6.41. The van der Waals surface area contributed by atoms with Gasteiger partial charge < -0.3 is 10.4 Å². The van der Waals surface area contributed by atoms with Crippen molar-refractivity contribution in [2.45, 2.75) is 45.3 Å². The molecule has 0 aliphatic carbocycles. The van der Waals surface area contributed by atoms with Crippen molar-refractivity contribution in [2.24, 2.45) is 0 Å². The molecule has 0 aliphatic rings. The quantitative estimate of drug-likeness (QED) is 0.782. The van der Waals surface area contributed by atoms with Crippen LogP contribution in [0.3, 0.4) is 0 Å². The molecule has 1 aromatic rings. The summed E-state index contributed by atoms with van der Waals surface area (Å²) in [6.45, 7) is 6.74. The lowest BCUT2D eigenvalue weighted by atomic mass is 9.97. The van der Waals surface area contributed by atoms with Crippen molar-refractivity contribution in [2.75, 3.05) is 6.54 Å². The molecule has 0 spiro atoms. The van der Waals surface area contributed by atoms with Crippen LogP contribution in [0.5, 0.6) is 0 Å². The van der Waals surface area contributed by atoms with Crippen LogP contribution in [0.4, 0.5) is 0 Å². The Labute approximate surface area is 96.3 Å². The second-order valence-electron chi connectivity index (χ2n) is 4.66. The third-order valence-electron chi connectivity index (χ3n) is 2.42. The van der Waals surface area contributed by atoms with Crippen molar-refractivity contribution in [1.29, 1.82) is 0 Å². The van der Waals surface area contributed by atoms with Crippen molar-refractivity contribution >= 4 is 11.3 Å². The highest BCUT2D eigenvalue weighted by Gasteiger charge is 2.19. The fourth-order valence-electron chi connectivity index (χ4n) is 1.36. The van der Waals surface area contributed by atoms with Gasteiger partial charge in [-0.3, -0.25) is 0 Å². The Bertz CT molecular complexity index is 267. The van der Waals surface area contributed by atoms with Crippen LogP contribution in [0.25, 0.3) is 0 Å². The molecular weight excluding hydrogens is 206 g/mol. The molecule has 1 atom stereocenters. The van der Waals surface area contributed by atoms with Gasteiger partial charge in [0.15, 0.2) is 0 Å². The van der Waals surface area contributed by atoms with E-state index in [1.54, 1.807) is 11.3 Å². The molecule has 1 unspecified atom stereocenters. The smallest absolute Gasteiger partial charge is 0.0746 e. The Balaban J connectivity index is 2.29. The number of nitrogens with one attached hydrogen (secondary N) is 1.